The fraction of sp³-hybridized carbons (Fsp3) is 0.958. The first-order valence-electron chi connectivity index (χ1n) is 12.2. The fourth-order valence-corrected chi connectivity index (χ4v) is 4.61. The summed E-state index contributed by atoms with van der Waals surface area (Å²) < 4.78 is 0. The van der Waals surface area contributed by atoms with Crippen molar-refractivity contribution in [1.82, 2.24) is 0 Å². The maximum Gasteiger partial charge on any atom is 0.309 e. The molecule has 1 aliphatic carbocycles. The van der Waals surface area contributed by atoms with Crippen LogP contribution in [0.1, 0.15) is 122 Å². The quantitative estimate of drug-likeness (QED) is 0.231. The second-order valence-corrected chi connectivity index (χ2v) is 9.33. The van der Waals surface area contributed by atoms with Crippen molar-refractivity contribution in [2.24, 2.45) is 5.92 Å². The molecule has 3 atom stereocenters. The highest BCUT2D eigenvalue weighted by Crippen LogP contribution is 2.34. The first-order chi connectivity index (χ1) is 13.9. The predicted molar refractivity (Wildman–Crippen MR) is 117 cm³/mol. The van der Waals surface area contributed by atoms with Crippen LogP contribution in [0, 0.1) is 5.92 Å². The van der Waals surface area contributed by atoms with Gasteiger partial charge in [-0.05, 0) is 44.9 Å². The van der Waals surface area contributed by atoms with Crippen molar-refractivity contribution in [3.05, 3.63) is 0 Å². The van der Waals surface area contributed by atoms with E-state index in [1.807, 2.05) is 0 Å². The number of carboxylic acid groups (broad SMARTS) is 1. The topological polar surface area (TPSA) is 98.0 Å². The lowest BCUT2D eigenvalue weighted by Crippen LogP contribution is -2.32. The summed E-state index contributed by atoms with van der Waals surface area (Å²) in [5.41, 5.74) is -0.694. The van der Waals surface area contributed by atoms with Gasteiger partial charge in [0.25, 0.3) is 0 Å². The molecule has 0 aromatic carbocycles. The molecule has 0 aliphatic heterocycles. The lowest BCUT2D eigenvalue weighted by molar-refractivity contribution is -0.146. The second-order valence-electron chi connectivity index (χ2n) is 9.33. The molecule has 0 aromatic rings. The lowest BCUT2D eigenvalue weighted by Gasteiger charge is -2.25. The van der Waals surface area contributed by atoms with Gasteiger partial charge in [0, 0.05) is 0 Å². The van der Waals surface area contributed by atoms with Gasteiger partial charge in [0.05, 0.1) is 23.7 Å². The Kier molecular flexibility index (Phi) is 13.8. The van der Waals surface area contributed by atoms with E-state index < -0.39 is 23.6 Å². The highest BCUT2D eigenvalue weighted by Gasteiger charge is 2.33. The molecule has 3 unspecified atom stereocenters. The van der Waals surface area contributed by atoms with Crippen LogP contribution in [0.4, 0.5) is 0 Å². The number of hydrogen-bond acceptors (Lipinski definition) is 4. The van der Waals surface area contributed by atoms with Crippen molar-refractivity contribution in [1.29, 1.82) is 0 Å². The Hall–Kier alpha value is -0.650. The van der Waals surface area contributed by atoms with E-state index in [4.69, 9.17) is 0 Å². The zero-order chi connectivity index (χ0) is 21.5. The molecule has 5 heteroatoms. The molecule has 0 bridgehead atoms. The average molecular weight is 415 g/mol. The third-order valence-electron chi connectivity index (χ3n) is 6.66. The SMILES string of the molecule is CCCCCCCC(O)CCCCCCC(C(=O)O)C(O)CCC1(O)CCCC1. The summed E-state index contributed by atoms with van der Waals surface area (Å²) in [6, 6.07) is 0. The number of aliphatic carboxylic acids is 1. The van der Waals surface area contributed by atoms with Gasteiger partial charge >= 0.3 is 5.97 Å². The predicted octanol–water partition coefficient (Wildman–Crippen LogP) is 5.20. The van der Waals surface area contributed by atoms with Crippen molar-refractivity contribution in [2.45, 2.75) is 140 Å². The maximum absolute atomic E-state index is 11.5. The number of aliphatic hydroxyl groups excluding tert-OH is 2. The van der Waals surface area contributed by atoms with Gasteiger partial charge in [-0.15, -0.1) is 0 Å². The highest BCUT2D eigenvalue weighted by molar-refractivity contribution is 5.70. The van der Waals surface area contributed by atoms with Gasteiger partial charge in [-0.2, -0.15) is 0 Å². The minimum atomic E-state index is -0.936. The Bertz CT molecular complexity index is 419. The van der Waals surface area contributed by atoms with Crippen molar-refractivity contribution in [2.75, 3.05) is 0 Å². The average Bonchev–Trinajstić information content (AvgIpc) is 3.12. The van der Waals surface area contributed by atoms with Gasteiger partial charge in [0.2, 0.25) is 0 Å². The van der Waals surface area contributed by atoms with Crippen LogP contribution in [0.5, 0.6) is 0 Å². The van der Waals surface area contributed by atoms with Crippen LogP contribution in [-0.2, 0) is 4.79 Å². The molecule has 29 heavy (non-hydrogen) atoms. The van der Waals surface area contributed by atoms with Gasteiger partial charge in [-0.25, -0.2) is 0 Å². The van der Waals surface area contributed by atoms with Crippen LogP contribution in [0.3, 0.4) is 0 Å². The molecule has 1 rings (SSSR count). The summed E-state index contributed by atoms with van der Waals surface area (Å²) >= 11 is 0. The van der Waals surface area contributed by atoms with E-state index in [0.717, 1.165) is 70.6 Å². The van der Waals surface area contributed by atoms with Gasteiger partial charge in [-0.3, -0.25) is 4.79 Å². The van der Waals surface area contributed by atoms with Gasteiger partial charge in [0.15, 0.2) is 0 Å². The van der Waals surface area contributed by atoms with E-state index >= 15 is 0 Å². The molecule has 5 nitrogen and oxygen atoms in total. The molecule has 4 N–H and O–H groups in total. The number of unbranched alkanes of at least 4 members (excludes halogenated alkanes) is 7. The normalized spacial score (nSPS) is 19.2. The summed E-state index contributed by atoms with van der Waals surface area (Å²) in [6.45, 7) is 2.20. The molecular formula is C24H46O5. The summed E-state index contributed by atoms with van der Waals surface area (Å²) in [5, 5.41) is 40.2. The monoisotopic (exact) mass is 414 g/mol. The molecular weight excluding hydrogens is 368 g/mol. The smallest absolute Gasteiger partial charge is 0.309 e. The van der Waals surface area contributed by atoms with Crippen LogP contribution >= 0.6 is 0 Å². The first kappa shape index (κ1) is 26.4. The zero-order valence-corrected chi connectivity index (χ0v) is 18.7. The lowest BCUT2D eigenvalue weighted by atomic mass is 9.87. The minimum Gasteiger partial charge on any atom is -0.481 e. The number of aliphatic hydroxyl groups is 3. The molecule has 1 saturated carbocycles. The minimum absolute atomic E-state index is 0.202. The number of hydrogen-bond donors (Lipinski definition) is 4. The van der Waals surface area contributed by atoms with Crippen molar-refractivity contribution in [3.8, 4) is 0 Å². The highest BCUT2D eigenvalue weighted by atomic mass is 16.4. The standard InChI is InChI=1S/C24H46O5/c1-2-3-4-5-8-13-20(25)14-9-6-7-10-15-21(23(27)28)22(26)16-19-24(29)17-11-12-18-24/h20-22,25-26,29H,2-19H2,1H3,(H,27,28). The van der Waals surface area contributed by atoms with Crippen molar-refractivity contribution in [3.63, 3.8) is 0 Å². The molecule has 0 aromatic heterocycles. The van der Waals surface area contributed by atoms with Crippen molar-refractivity contribution < 1.29 is 25.2 Å². The van der Waals surface area contributed by atoms with Crippen LogP contribution in [0.2, 0.25) is 0 Å². The zero-order valence-electron chi connectivity index (χ0n) is 18.7. The summed E-state index contributed by atoms with van der Waals surface area (Å²) in [5.74, 6) is -1.68. The molecule has 172 valence electrons. The summed E-state index contributed by atoms with van der Waals surface area (Å²) in [4.78, 5) is 11.5. The third-order valence-corrected chi connectivity index (χ3v) is 6.66. The Morgan fingerprint density at radius 3 is 1.86 bits per heavy atom. The summed E-state index contributed by atoms with van der Waals surface area (Å²) in [6.07, 6.45) is 15.3. The van der Waals surface area contributed by atoms with Crippen LogP contribution in [0.15, 0.2) is 0 Å². The van der Waals surface area contributed by atoms with E-state index in [0.29, 0.717) is 19.3 Å². The maximum atomic E-state index is 11.5. The molecule has 0 radical (unpaired) electrons. The Balaban J connectivity index is 2.11. The molecule has 1 fully saturated rings. The summed E-state index contributed by atoms with van der Waals surface area (Å²) in [7, 11) is 0. The van der Waals surface area contributed by atoms with E-state index in [-0.39, 0.29) is 6.10 Å². The fourth-order valence-electron chi connectivity index (χ4n) is 4.61. The number of carbonyl (C=O) groups is 1. The number of carboxylic acids is 1. The molecule has 0 spiro atoms. The Morgan fingerprint density at radius 2 is 1.34 bits per heavy atom. The van der Waals surface area contributed by atoms with Crippen LogP contribution in [0.25, 0.3) is 0 Å². The molecule has 0 saturated heterocycles. The van der Waals surface area contributed by atoms with Crippen LogP contribution in [-0.4, -0.2) is 44.2 Å². The second kappa shape index (κ2) is 15.2. The van der Waals surface area contributed by atoms with E-state index in [1.54, 1.807) is 0 Å². The first-order valence-corrected chi connectivity index (χ1v) is 12.2. The van der Waals surface area contributed by atoms with E-state index in [1.165, 1.54) is 25.7 Å². The molecule has 0 amide bonds. The van der Waals surface area contributed by atoms with Gasteiger partial charge < -0.3 is 20.4 Å². The third kappa shape index (κ3) is 12.0. The van der Waals surface area contributed by atoms with E-state index in [9.17, 15) is 25.2 Å². The van der Waals surface area contributed by atoms with Crippen LogP contribution < -0.4 is 0 Å². The molecule has 0 heterocycles. The largest absolute Gasteiger partial charge is 0.481 e. The molecule has 1 aliphatic rings. The number of rotatable bonds is 18. The van der Waals surface area contributed by atoms with Gasteiger partial charge in [-0.1, -0.05) is 77.6 Å². The van der Waals surface area contributed by atoms with Crippen molar-refractivity contribution >= 4 is 5.97 Å². The Morgan fingerprint density at radius 1 is 0.828 bits per heavy atom. The van der Waals surface area contributed by atoms with E-state index in [2.05, 4.69) is 6.92 Å². The Labute approximate surface area is 177 Å². The van der Waals surface area contributed by atoms with Gasteiger partial charge in [0.1, 0.15) is 0 Å².